The summed E-state index contributed by atoms with van der Waals surface area (Å²) in [4.78, 5) is 28.0. The quantitative estimate of drug-likeness (QED) is 0.647. The van der Waals surface area contributed by atoms with E-state index in [1.54, 1.807) is 24.3 Å². The van der Waals surface area contributed by atoms with Crippen molar-refractivity contribution in [2.24, 2.45) is 0 Å². The Kier molecular flexibility index (Phi) is 5.59. The number of halogens is 2. The number of anilines is 3. The van der Waals surface area contributed by atoms with Crippen molar-refractivity contribution in [2.45, 2.75) is 0 Å². The second-order valence-corrected chi connectivity index (χ2v) is 5.74. The van der Waals surface area contributed by atoms with Gasteiger partial charge in [-0.2, -0.15) is 0 Å². The van der Waals surface area contributed by atoms with E-state index in [1.165, 1.54) is 31.6 Å². The second kappa shape index (κ2) is 8.26. The van der Waals surface area contributed by atoms with Crippen LogP contribution in [-0.2, 0) is 4.74 Å². The number of nitrogens with zero attached hydrogens (tertiary/aromatic N) is 1. The molecule has 8 heteroatoms. The number of benzene rings is 2. The fourth-order valence-electron chi connectivity index (χ4n) is 2.42. The maximum absolute atomic E-state index is 13.3. The Morgan fingerprint density at radius 3 is 2.43 bits per heavy atom. The zero-order chi connectivity index (χ0) is 20.1. The molecule has 0 spiro atoms. The van der Waals surface area contributed by atoms with Gasteiger partial charge < -0.3 is 15.4 Å². The van der Waals surface area contributed by atoms with Crippen LogP contribution in [0.3, 0.4) is 0 Å². The monoisotopic (exact) mass is 383 g/mol. The van der Waals surface area contributed by atoms with Crippen LogP contribution in [-0.4, -0.2) is 24.0 Å². The number of aromatic nitrogens is 1. The number of hydrogen-bond acceptors (Lipinski definition) is 5. The molecule has 2 N–H and O–H groups in total. The number of pyridine rings is 1. The minimum absolute atomic E-state index is 0.119. The van der Waals surface area contributed by atoms with Gasteiger partial charge in [0.25, 0.3) is 5.91 Å². The molecule has 0 aliphatic rings. The fraction of sp³-hybridized carbons (Fsp3) is 0.0500. The van der Waals surface area contributed by atoms with Gasteiger partial charge in [0.15, 0.2) is 11.6 Å². The molecule has 3 aromatic rings. The molecule has 1 aromatic heterocycles. The molecule has 0 unspecified atom stereocenters. The van der Waals surface area contributed by atoms with E-state index in [4.69, 9.17) is 0 Å². The predicted molar refractivity (Wildman–Crippen MR) is 99.6 cm³/mol. The summed E-state index contributed by atoms with van der Waals surface area (Å²) < 4.78 is 30.9. The zero-order valence-electron chi connectivity index (χ0n) is 14.7. The van der Waals surface area contributed by atoms with Crippen LogP contribution in [0.15, 0.2) is 60.9 Å². The van der Waals surface area contributed by atoms with E-state index in [-0.39, 0.29) is 11.3 Å². The van der Waals surface area contributed by atoms with Gasteiger partial charge in [-0.15, -0.1) is 0 Å². The molecule has 0 bridgehead atoms. The number of carbonyl (C=O) groups is 2. The number of esters is 1. The lowest BCUT2D eigenvalue weighted by Gasteiger charge is -2.10. The third-order valence-corrected chi connectivity index (χ3v) is 3.75. The minimum Gasteiger partial charge on any atom is -0.465 e. The highest BCUT2D eigenvalue weighted by atomic mass is 19.2. The topological polar surface area (TPSA) is 80.3 Å². The van der Waals surface area contributed by atoms with Gasteiger partial charge in [-0.05, 0) is 36.4 Å². The highest BCUT2D eigenvalue weighted by Crippen LogP contribution is 2.20. The maximum Gasteiger partial charge on any atom is 0.337 e. The first-order chi connectivity index (χ1) is 13.5. The molecule has 6 nitrogen and oxygen atoms in total. The zero-order valence-corrected chi connectivity index (χ0v) is 14.7. The standard InChI is InChI=1S/C20H15F2N3O3/c1-28-20(27)12-3-2-4-14(7-12)24-16-8-13(10-23-11-16)19(26)25-15-5-6-17(21)18(22)9-15/h2-11,24H,1H3,(H,25,26). The van der Waals surface area contributed by atoms with Gasteiger partial charge in [0, 0.05) is 23.6 Å². The summed E-state index contributed by atoms with van der Waals surface area (Å²) in [6.45, 7) is 0. The average molecular weight is 383 g/mol. The van der Waals surface area contributed by atoms with Crippen LogP contribution in [0.2, 0.25) is 0 Å². The number of methoxy groups -OCH3 is 1. The van der Waals surface area contributed by atoms with Gasteiger partial charge in [0.1, 0.15) is 0 Å². The van der Waals surface area contributed by atoms with Crippen molar-refractivity contribution < 1.29 is 23.1 Å². The Hall–Kier alpha value is -3.81. The number of carbonyl (C=O) groups excluding carboxylic acids is 2. The van der Waals surface area contributed by atoms with Gasteiger partial charge in [0.05, 0.1) is 30.1 Å². The third-order valence-electron chi connectivity index (χ3n) is 3.75. The molecule has 3 rings (SSSR count). The molecule has 0 aliphatic heterocycles. The van der Waals surface area contributed by atoms with E-state index in [2.05, 4.69) is 20.4 Å². The predicted octanol–water partition coefficient (Wildman–Crippen LogP) is 4.14. The van der Waals surface area contributed by atoms with Crippen LogP contribution in [0.25, 0.3) is 0 Å². The second-order valence-electron chi connectivity index (χ2n) is 5.74. The van der Waals surface area contributed by atoms with E-state index >= 15 is 0 Å². The highest BCUT2D eigenvalue weighted by molar-refractivity contribution is 6.04. The number of hydrogen-bond donors (Lipinski definition) is 2. The number of amides is 1. The molecule has 28 heavy (non-hydrogen) atoms. The van der Waals surface area contributed by atoms with Crippen molar-refractivity contribution in [3.8, 4) is 0 Å². The first kappa shape index (κ1) is 19.0. The molecular weight excluding hydrogens is 368 g/mol. The lowest BCUT2D eigenvalue weighted by Crippen LogP contribution is -2.13. The van der Waals surface area contributed by atoms with Gasteiger partial charge in [-0.1, -0.05) is 6.07 Å². The molecule has 1 heterocycles. The number of nitrogens with one attached hydrogen (secondary N) is 2. The van der Waals surface area contributed by atoms with Crippen molar-refractivity contribution in [3.05, 3.63) is 83.7 Å². The summed E-state index contributed by atoms with van der Waals surface area (Å²) in [5, 5.41) is 5.51. The van der Waals surface area contributed by atoms with Gasteiger partial charge >= 0.3 is 5.97 Å². The van der Waals surface area contributed by atoms with Gasteiger partial charge in [-0.3, -0.25) is 9.78 Å². The van der Waals surface area contributed by atoms with E-state index in [0.717, 1.165) is 12.1 Å². The van der Waals surface area contributed by atoms with Gasteiger partial charge in [-0.25, -0.2) is 13.6 Å². The van der Waals surface area contributed by atoms with Gasteiger partial charge in [0.2, 0.25) is 0 Å². The van der Waals surface area contributed by atoms with Crippen molar-refractivity contribution in [3.63, 3.8) is 0 Å². The van der Waals surface area contributed by atoms with E-state index in [1.807, 2.05) is 0 Å². The normalized spacial score (nSPS) is 10.2. The summed E-state index contributed by atoms with van der Waals surface area (Å²) in [5.41, 5.74) is 1.79. The largest absolute Gasteiger partial charge is 0.465 e. The van der Waals surface area contributed by atoms with Crippen molar-refractivity contribution in [2.75, 3.05) is 17.7 Å². The molecule has 0 saturated heterocycles. The summed E-state index contributed by atoms with van der Waals surface area (Å²) in [6, 6.07) is 11.2. The summed E-state index contributed by atoms with van der Waals surface area (Å²) >= 11 is 0. The first-order valence-electron chi connectivity index (χ1n) is 8.13. The third kappa shape index (κ3) is 4.47. The molecule has 1 amide bonds. The lowest BCUT2D eigenvalue weighted by atomic mass is 10.2. The Bertz CT molecular complexity index is 1040. The summed E-state index contributed by atoms with van der Waals surface area (Å²) in [6.07, 6.45) is 2.84. The van der Waals surface area contributed by atoms with E-state index in [9.17, 15) is 18.4 Å². The molecule has 0 aliphatic carbocycles. The summed E-state index contributed by atoms with van der Waals surface area (Å²) in [5.74, 6) is -3.07. The lowest BCUT2D eigenvalue weighted by molar-refractivity contribution is 0.0600. The molecule has 2 aromatic carbocycles. The first-order valence-corrected chi connectivity index (χ1v) is 8.13. The Morgan fingerprint density at radius 1 is 0.893 bits per heavy atom. The minimum atomic E-state index is -1.06. The molecule has 0 saturated carbocycles. The molecule has 0 fully saturated rings. The van der Waals surface area contributed by atoms with Crippen LogP contribution in [0.4, 0.5) is 25.8 Å². The SMILES string of the molecule is COC(=O)c1cccc(Nc2cncc(C(=O)Nc3ccc(F)c(F)c3)c2)c1. The average Bonchev–Trinajstić information content (AvgIpc) is 2.70. The van der Waals surface area contributed by atoms with Crippen molar-refractivity contribution in [1.29, 1.82) is 0 Å². The fourth-order valence-corrected chi connectivity index (χ4v) is 2.42. The number of ether oxygens (including phenoxy) is 1. The van der Waals surface area contributed by atoms with Crippen molar-refractivity contribution in [1.82, 2.24) is 4.98 Å². The Morgan fingerprint density at radius 2 is 1.68 bits per heavy atom. The number of rotatable bonds is 5. The smallest absolute Gasteiger partial charge is 0.337 e. The maximum atomic E-state index is 13.3. The Balaban J connectivity index is 1.75. The van der Waals surface area contributed by atoms with Crippen LogP contribution in [0.1, 0.15) is 20.7 Å². The highest BCUT2D eigenvalue weighted by Gasteiger charge is 2.11. The van der Waals surface area contributed by atoms with Crippen LogP contribution in [0, 0.1) is 11.6 Å². The van der Waals surface area contributed by atoms with E-state index < -0.39 is 23.5 Å². The molecular formula is C20H15F2N3O3. The van der Waals surface area contributed by atoms with E-state index in [0.29, 0.717) is 16.9 Å². The molecule has 0 atom stereocenters. The van der Waals surface area contributed by atoms with Crippen LogP contribution < -0.4 is 10.6 Å². The van der Waals surface area contributed by atoms with Crippen LogP contribution >= 0.6 is 0 Å². The molecule has 142 valence electrons. The van der Waals surface area contributed by atoms with Crippen LogP contribution in [0.5, 0.6) is 0 Å². The Labute approximate surface area is 159 Å². The summed E-state index contributed by atoms with van der Waals surface area (Å²) in [7, 11) is 1.29. The van der Waals surface area contributed by atoms with Crippen molar-refractivity contribution >= 4 is 28.9 Å². The molecule has 0 radical (unpaired) electrons.